The molecule has 0 spiro atoms. The number of benzene rings is 2. The fourth-order valence-electron chi connectivity index (χ4n) is 2.39. The Morgan fingerprint density at radius 1 is 1.17 bits per heavy atom. The van der Waals surface area contributed by atoms with Gasteiger partial charge >= 0.3 is 6.18 Å². The second kappa shape index (κ2) is 7.84. The highest BCUT2D eigenvalue weighted by molar-refractivity contribution is 6.32. The first-order chi connectivity index (χ1) is 14.0. The number of hydrogen-bond acceptors (Lipinski definition) is 6. The minimum atomic E-state index is -4.59. The predicted octanol–water partition coefficient (Wildman–Crippen LogP) is 4.84. The molecule has 0 saturated carbocycles. The summed E-state index contributed by atoms with van der Waals surface area (Å²) in [6.07, 6.45) is -3.56. The quantitative estimate of drug-likeness (QED) is 0.440. The molecule has 0 unspecified atom stereocenters. The molecule has 3 aromatic rings. The number of nitrogens with zero attached hydrogens (tertiary/aromatic N) is 3. The van der Waals surface area contributed by atoms with Crippen LogP contribution in [0.5, 0.6) is 11.5 Å². The van der Waals surface area contributed by atoms with Crippen molar-refractivity contribution in [1.29, 1.82) is 0 Å². The molecule has 1 heterocycles. The van der Waals surface area contributed by atoms with E-state index in [0.717, 1.165) is 30.5 Å². The van der Waals surface area contributed by atoms with E-state index in [1.807, 2.05) is 0 Å². The van der Waals surface area contributed by atoms with Crippen LogP contribution in [0.25, 0.3) is 5.69 Å². The number of nitro groups is 1. The Morgan fingerprint density at radius 3 is 2.47 bits per heavy atom. The molecule has 3 rings (SSSR count). The monoisotopic (exact) mass is 460 g/mol. The van der Waals surface area contributed by atoms with Crippen molar-refractivity contribution in [2.45, 2.75) is 6.18 Å². The first-order valence-electron chi connectivity index (χ1n) is 7.85. The Hall–Kier alpha value is -3.31. The summed E-state index contributed by atoms with van der Waals surface area (Å²) in [7, 11) is 0. The van der Waals surface area contributed by atoms with Gasteiger partial charge in [0.2, 0.25) is 0 Å². The zero-order chi connectivity index (χ0) is 22.2. The lowest BCUT2D eigenvalue weighted by atomic mass is 10.2. The third-order valence-electron chi connectivity index (χ3n) is 3.80. The molecule has 0 bridgehead atoms. The number of ether oxygens (including phenoxy) is 1. The van der Waals surface area contributed by atoms with E-state index in [4.69, 9.17) is 33.7 Å². The van der Waals surface area contributed by atoms with Crippen LogP contribution in [0, 0.1) is 10.1 Å². The van der Waals surface area contributed by atoms with Gasteiger partial charge in [-0.25, -0.2) is 0 Å². The number of aromatic nitrogens is 2. The maximum Gasteiger partial charge on any atom is 0.416 e. The van der Waals surface area contributed by atoms with Gasteiger partial charge in [-0.2, -0.15) is 23.0 Å². The molecule has 8 nitrogen and oxygen atoms in total. The molecular weight excluding hydrogens is 452 g/mol. The van der Waals surface area contributed by atoms with Gasteiger partial charge in [0.05, 0.1) is 27.4 Å². The second-order valence-corrected chi connectivity index (χ2v) is 6.57. The number of halogens is 5. The Balaban J connectivity index is 2.07. The van der Waals surface area contributed by atoms with Crippen LogP contribution in [0.4, 0.5) is 24.5 Å². The Kier molecular flexibility index (Phi) is 5.59. The van der Waals surface area contributed by atoms with Crippen molar-refractivity contribution >= 4 is 34.6 Å². The van der Waals surface area contributed by atoms with Gasteiger partial charge in [0.25, 0.3) is 11.2 Å². The number of hydrogen-bond donors (Lipinski definition) is 1. The van der Waals surface area contributed by atoms with Gasteiger partial charge in [-0.3, -0.25) is 14.9 Å². The third kappa shape index (κ3) is 4.16. The van der Waals surface area contributed by atoms with Gasteiger partial charge in [0, 0.05) is 12.1 Å². The van der Waals surface area contributed by atoms with Crippen molar-refractivity contribution in [1.82, 2.24) is 9.78 Å². The maximum atomic E-state index is 12.8. The average molecular weight is 461 g/mol. The molecule has 0 radical (unpaired) electrons. The van der Waals surface area contributed by atoms with E-state index >= 15 is 0 Å². The number of alkyl halides is 3. The molecule has 0 aliphatic rings. The Labute approximate surface area is 175 Å². The summed E-state index contributed by atoms with van der Waals surface area (Å²) in [6.45, 7) is 0. The van der Waals surface area contributed by atoms with Crippen LogP contribution in [0.1, 0.15) is 5.56 Å². The zero-order valence-electron chi connectivity index (χ0n) is 14.5. The van der Waals surface area contributed by atoms with Crippen LogP contribution in [-0.2, 0) is 6.18 Å². The molecule has 2 N–H and O–H groups in total. The fourth-order valence-corrected chi connectivity index (χ4v) is 2.74. The maximum absolute atomic E-state index is 12.8. The summed E-state index contributed by atoms with van der Waals surface area (Å²) >= 11 is 11.7. The molecule has 1 aromatic heterocycles. The van der Waals surface area contributed by atoms with Crippen molar-refractivity contribution in [2.75, 3.05) is 5.73 Å². The van der Waals surface area contributed by atoms with E-state index in [1.54, 1.807) is 0 Å². The zero-order valence-corrected chi connectivity index (χ0v) is 16.0. The normalized spacial score (nSPS) is 11.4. The SMILES string of the molecule is Nc1cnn(-c2cc(Oc3ccc(C(F)(F)F)cc3Cl)ccc2[N+](=O)[O-])c(=O)c1Cl. The highest BCUT2D eigenvalue weighted by Crippen LogP contribution is 2.37. The van der Waals surface area contributed by atoms with Gasteiger partial charge in [-0.1, -0.05) is 23.2 Å². The van der Waals surface area contributed by atoms with E-state index < -0.39 is 32.9 Å². The largest absolute Gasteiger partial charge is 0.456 e. The predicted molar refractivity (Wildman–Crippen MR) is 102 cm³/mol. The summed E-state index contributed by atoms with van der Waals surface area (Å²) in [5.41, 5.74) is 2.68. The van der Waals surface area contributed by atoms with Gasteiger partial charge in [-0.15, -0.1) is 0 Å². The van der Waals surface area contributed by atoms with Crippen molar-refractivity contribution in [2.24, 2.45) is 0 Å². The molecular formula is C17H9Cl2F3N4O4. The number of rotatable bonds is 4. The molecule has 0 aliphatic carbocycles. The average Bonchev–Trinajstić information content (AvgIpc) is 2.67. The molecule has 0 atom stereocenters. The summed E-state index contributed by atoms with van der Waals surface area (Å²) < 4.78 is 44.4. The molecule has 13 heteroatoms. The lowest BCUT2D eigenvalue weighted by Gasteiger charge is -2.12. The molecule has 0 amide bonds. The van der Waals surface area contributed by atoms with E-state index in [-0.39, 0.29) is 27.9 Å². The highest BCUT2D eigenvalue weighted by atomic mass is 35.5. The molecule has 0 saturated heterocycles. The molecule has 156 valence electrons. The third-order valence-corrected chi connectivity index (χ3v) is 4.48. The molecule has 0 fully saturated rings. The first-order valence-corrected chi connectivity index (χ1v) is 8.61. The minimum absolute atomic E-state index is 0.0566. The van der Waals surface area contributed by atoms with E-state index in [2.05, 4.69) is 5.10 Å². The summed E-state index contributed by atoms with van der Waals surface area (Å²) in [6, 6.07) is 5.73. The van der Waals surface area contributed by atoms with Crippen molar-refractivity contribution in [3.8, 4) is 17.2 Å². The number of nitrogen functional groups attached to an aromatic ring is 1. The number of anilines is 1. The van der Waals surface area contributed by atoms with Crippen LogP contribution in [0.3, 0.4) is 0 Å². The van der Waals surface area contributed by atoms with Crippen LogP contribution in [0.2, 0.25) is 10.0 Å². The second-order valence-electron chi connectivity index (χ2n) is 5.78. The smallest absolute Gasteiger partial charge is 0.416 e. The molecule has 30 heavy (non-hydrogen) atoms. The Bertz CT molecular complexity index is 1210. The Morgan fingerprint density at radius 2 is 1.87 bits per heavy atom. The van der Waals surface area contributed by atoms with E-state index in [1.165, 1.54) is 6.07 Å². The standard InChI is InChI=1S/C17H9Cl2F3N4O4/c18-10-5-8(17(20,21)22)1-4-14(10)30-9-2-3-12(26(28)29)13(6-9)25-16(27)15(19)11(23)7-24-25/h1-7H,23H2. The molecule has 2 aromatic carbocycles. The van der Waals surface area contributed by atoms with Gasteiger partial charge in [-0.05, 0) is 24.3 Å². The topological polar surface area (TPSA) is 113 Å². The first kappa shape index (κ1) is 21.4. The summed E-state index contributed by atoms with van der Waals surface area (Å²) in [4.78, 5) is 22.9. The van der Waals surface area contributed by atoms with Gasteiger partial charge in [0.1, 0.15) is 22.2 Å². The lowest BCUT2D eigenvalue weighted by Crippen LogP contribution is -2.23. The van der Waals surface area contributed by atoms with Crippen LogP contribution in [-0.4, -0.2) is 14.7 Å². The van der Waals surface area contributed by atoms with Crippen LogP contribution in [0.15, 0.2) is 47.4 Å². The summed E-state index contributed by atoms with van der Waals surface area (Å²) in [5, 5.41) is 14.4. The molecule has 0 aliphatic heterocycles. The van der Waals surface area contributed by atoms with Gasteiger partial charge in [0.15, 0.2) is 0 Å². The van der Waals surface area contributed by atoms with Crippen LogP contribution < -0.4 is 16.0 Å². The van der Waals surface area contributed by atoms with Crippen molar-refractivity contribution < 1.29 is 22.8 Å². The van der Waals surface area contributed by atoms with Crippen LogP contribution >= 0.6 is 23.2 Å². The number of nitrogens with two attached hydrogens (primary N) is 1. The minimum Gasteiger partial charge on any atom is -0.456 e. The van der Waals surface area contributed by atoms with E-state index in [0.29, 0.717) is 10.7 Å². The summed E-state index contributed by atoms with van der Waals surface area (Å²) in [5.74, 6) is -0.195. The number of nitro benzene ring substituents is 1. The van der Waals surface area contributed by atoms with Crippen molar-refractivity contribution in [3.63, 3.8) is 0 Å². The highest BCUT2D eigenvalue weighted by Gasteiger charge is 2.31. The van der Waals surface area contributed by atoms with E-state index in [9.17, 15) is 28.1 Å². The van der Waals surface area contributed by atoms with Gasteiger partial charge < -0.3 is 10.5 Å². The fraction of sp³-hybridized carbons (Fsp3) is 0.0588. The van der Waals surface area contributed by atoms with Crippen molar-refractivity contribution in [3.05, 3.63) is 78.7 Å². The lowest BCUT2D eigenvalue weighted by molar-refractivity contribution is -0.384.